The molecule has 2 aromatic carbocycles. The van der Waals surface area contributed by atoms with Gasteiger partial charge in [0.2, 0.25) is 0 Å². The Morgan fingerprint density at radius 2 is 1.38 bits per heavy atom. The summed E-state index contributed by atoms with van der Waals surface area (Å²) < 4.78 is 5.08. The summed E-state index contributed by atoms with van der Waals surface area (Å²) in [6.07, 6.45) is 0. The number of aromatic nitrogens is 3. The standard InChI is InChI=1S/C18H17N3O3/c1-10-4-6-13(15(22)8-10)17-19-11(2)20-18(21-17)14-7-5-12(24-3)9-16(14)23/h4-9,22-23H,1-3H3. The van der Waals surface area contributed by atoms with Gasteiger partial charge in [-0.25, -0.2) is 15.0 Å². The van der Waals surface area contributed by atoms with E-state index in [9.17, 15) is 10.2 Å². The molecular weight excluding hydrogens is 306 g/mol. The van der Waals surface area contributed by atoms with Crippen molar-refractivity contribution in [1.29, 1.82) is 0 Å². The number of phenols is 2. The zero-order valence-electron chi connectivity index (χ0n) is 13.6. The minimum Gasteiger partial charge on any atom is -0.507 e. The van der Waals surface area contributed by atoms with Crippen molar-refractivity contribution < 1.29 is 14.9 Å². The number of nitrogens with zero attached hydrogens (tertiary/aromatic N) is 3. The molecule has 3 rings (SSSR count). The molecule has 3 aromatic rings. The Labute approximate surface area is 139 Å². The van der Waals surface area contributed by atoms with Crippen LogP contribution in [0.15, 0.2) is 36.4 Å². The predicted octanol–water partition coefficient (Wildman–Crippen LogP) is 3.24. The highest BCUT2D eigenvalue weighted by atomic mass is 16.5. The Balaban J connectivity index is 2.13. The number of methoxy groups -OCH3 is 1. The quantitative estimate of drug-likeness (QED) is 0.769. The second kappa shape index (κ2) is 6.16. The number of hydrogen-bond acceptors (Lipinski definition) is 6. The van der Waals surface area contributed by atoms with E-state index < -0.39 is 0 Å². The third-order valence-electron chi connectivity index (χ3n) is 3.59. The molecule has 0 fully saturated rings. The monoisotopic (exact) mass is 323 g/mol. The maximum Gasteiger partial charge on any atom is 0.167 e. The fourth-order valence-electron chi connectivity index (χ4n) is 2.38. The van der Waals surface area contributed by atoms with E-state index >= 15 is 0 Å². The molecule has 1 aromatic heterocycles. The maximum atomic E-state index is 10.2. The number of aryl methyl sites for hydroxylation is 2. The molecule has 0 amide bonds. The van der Waals surface area contributed by atoms with Crippen LogP contribution in [0.25, 0.3) is 22.8 Å². The molecule has 0 bridgehead atoms. The Kier molecular flexibility index (Phi) is 4.04. The highest BCUT2D eigenvalue weighted by Gasteiger charge is 2.14. The summed E-state index contributed by atoms with van der Waals surface area (Å²) in [7, 11) is 1.53. The molecule has 0 saturated carbocycles. The van der Waals surface area contributed by atoms with Crippen LogP contribution >= 0.6 is 0 Å². The summed E-state index contributed by atoms with van der Waals surface area (Å²) in [5, 5.41) is 20.3. The van der Waals surface area contributed by atoms with E-state index in [1.807, 2.05) is 13.0 Å². The minimum atomic E-state index is 0.0130. The predicted molar refractivity (Wildman–Crippen MR) is 90.1 cm³/mol. The number of benzene rings is 2. The lowest BCUT2D eigenvalue weighted by Gasteiger charge is -2.09. The van der Waals surface area contributed by atoms with Crippen molar-refractivity contribution in [2.24, 2.45) is 0 Å². The van der Waals surface area contributed by atoms with Gasteiger partial charge < -0.3 is 14.9 Å². The van der Waals surface area contributed by atoms with Gasteiger partial charge in [0.1, 0.15) is 23.1 Å². The second-order valence-corrected chi connectivity index (χ2v) is 5.43. The van der Waals surface area contributed by atoms with Crippen LogP contribution in [0.4, 0.5) is 0 Å². The second-order valence-electron chi connectivity index (χ2n) is 5.43. The van der Waals surface area contributed by atoms with Crippen LogP contribution in [-0.2, 0) is 0 Å². The number of hydrogen-bond donors (Lipinski definition) is 2. The van der Waals surface area contributed by atoms with Crippen molar-refractivity contribution in [2.45, 2.75) is 13.8 Å². The first kappa shape index (κ1) is 15.7. The third-order valence-corrected chi connectivity index (χ3v) is 3.59. The molecule has 122 valence electrons. The van der Waals surface area contributed by atoms with Gasteiger partial charge in [0.05, 0.1) is 18.2 Å². The van der Waals surface area contributed by atoms with Crippen molar-refractivity contribution in [1.82, 2.24) is 15.0 Å². The van der Waals surface area contributed by atoms with Crippen LogP contribution < -0.4 is 4.74 Å². The van der Waals surface area contributed by atoms with Gasteiger partial charge in [0, 0.05) is 6.07 Å². The Morgan fingerprint density at radius 1 is 0.792 bits per heavy atom. The first-order valence-corrected chi connectivity index (χ1v) is 7.38. The van der Waals surface area contributed by atoms with Gasteiger partial charge in [0.15, 0.2) is 11.6 Å². The SMILES string of the molecule is COc1ccc(-c2nc(C)nc(-c3ccc(C)cc3O)n2)c(O)c1. The molecule has 1 heterocycles. The number of phenolic OH excluding ortho intramolecular Hbond substituents is 2. The average molecular weight is 323 g/mol. The lowest BCUT2D eigenvalue weighted by atomic mass is 10.1. The molecular formula is C18H17N3O3. The molecule has 0 spiro atoms. The van der Waals surface area contributed by atoms with Crippen LogP contribution in [0, 0.1) is 13.8 Å². The molecule has 0 aliphatic rings. The fraction of sp³-hybridized carbons (Fsp3) is 0.167. The van der Waals surface area contributed by atoms with Gasteiger partial charge in [0.25, 0.3) is 0 Å². The largest absolute Gasteiger partial charge is 0.507 e. The number of ether oxygens (including phenoxy) is 1. The van der Waals surface area contributed by atoms with E-state index in [4.69, 9.17) is 4.74 Å². The van der Waals surface area contributed by atoms with Crippen LogP contribution in [0.2, 0.25) is 0 Å². The van der Waals surface area contributed by atoms with Gasteiger partial charge in [-0.05, 0) is 43.7 Å². The molecule has 24 heavy (non-hydrogen) atoms. The zero-order chi connectivity index (χ0) is 17.3. The van der Waals surface area contributed by atoms with Crippen molar-refractivity contribution >= 4 is 0 Å². The third kappa shape index (κ3) is 2.99. The lowest BCUT2D eigenvalue weighted by Crippen LogP contribution is -2.00. The van der Waals surface area contributed by atoms with E-state index in [0.29, 0.717) is 34.3 Å². The summed E-state index contributed by atoms with van der Waals surface area (Å²) in [5.74, 6) is 1.83. The topological polar surface area (TPSA) is 88.4 Å². The zero-order valence-corrected chi connectivity index (χ0v) is 13.6. The average Bonchev–Trinajstić information content (AvgIpc) is 2.54. The first-order valence-electron chi connectivity index (χ1n) is 7.38. The van der Waals surface area contributed by atoms with Gasteiger partial charge in [-0.2, -0.15) is 0 Å². The minimum absolute atomic E-state index is 0.0130. The van der Waals surface area contributed by atoms with Gasteiger partial charge >= 0.3 is 0 Å². The van der Waals surface area contributed by atoms with E-state index in [1.54, 1.807) is 31.2 Å². The molecule has 0 unspecified atom stereocenters. The normalized spacial score (nSPS) is 10.6. The molecule has 0 radical (unpaired) electrons. The molecule has 2 N–H and O–H groups in total. The van der Waals surface area contributed by atoms with Crippen molar-refractivity contribution in [2.75, 3.05) is 7.11 Å². The molecule has 0 aliphatic carbocycles. The molecule has 6 heteroatoms. The van der Waals surface area contributed by atoms with Crippen molar-refractivity contribution in [3.05, 3.63) is 47.8 Å². The van der Waals surface area contributed by atoms with E-state index in [0.717, 1.165) is 5.56 Å². The smallest absolute Gasteiger partial charge is 0.167 e. The molecule has 0 atom stereocenters. The Morgan fingerprint density at radius 3 is 1.92 bits per heavy atom. The van der Waals surface area contributed by atoms with E-state index in [1.165, 1.54) is 13.2 Å². The molecule has 6 nitrogen and oxygen atoms in total. The van der Waals surface area contributed by atoms with Crippen LogP contribution in [0.3, 0.4) is 0 Å². The van der Waals surface area contributed by atoms with E-state index in [-0.39, 0.29) is 11.5 Å². The summed E-state index contributed by atoms with van der Waals surface area (Å²) in [4.78, 5) is 13.0. The van der Waals surface area contributed by atoms with Crippen LogP contribution in [-0.4, -0.2) is 32.3 Å². The lowest BCUT2D eigenvalue weighted by molar-refractivity contribution is 0.408. The molecule has 0 saturated heterocycles. The summed E-state index contributed by atoms with van der Waals surface area (Å²) in [5.41, 5.74) is 1.92. The summed E-state index contributed by atoms with van der Waals surface area (Å²) >= 11 is 0. The van der Waals surface area contributed by atoms with Gasteiger partial charge in [-0.15, -0.1) is 0 Å². The maximum absolute atomic E-state index is 10.2. The number of aromatic hydroxyl groups is 2. The highest BCUT2D eigenvalue weighted by Crippen LogP contribution is 2.32. The Bertz CT molecular complexity index is 910. The van der Waals surface area contributed by atoms with Crippen molar-refractivity contribution in [3.8, 4) is 40.0 Å². The summed E-state index contributed by atoms with van der Waals surface area (Å²) in [6.45, 7) is 3.63. The fourth-order valence-corrected chi connectivity index (χ4v) is 2.38. The van der Waals surface area contributed by atoms with Crippen LogP contribution in [0.5, 0.6) is 17.2 Å². The highest BCUT2D eigenvalue weighted by molar-refractivity contribution is 5.69. The van der Waals surface area contributed by atoms with Gasteiger partial charge in [-0.1, -0.05) is 6.07 Å². The summed E-state index contributed by atoms with van der Waals surface area (Å²) in [6, 6.07) is 10.2. The van der Waals surface area contributed by atoms with E-state index in [2.05, 4.69) is 15.0 Å². The van der Waals surface area contributed by atoms with Gasteiger partial charge in [-0.3, -0.25) is 0 Å². The first-order chi connectivity index (χ1) is 11.5. The number of rotatable bonds is 3. The van der Waals surface area contributed by atoms with Crippen molar-refractivity contribution in [3.63, 3.8) is 0 Å². The molecule has 0 aliphatic heterocycles. The van der Waals surface area contributed by atoms with Crippen LogP contribution in [0.1, 0.15) is 11.4 Å². The Hall–Kier alpha value is -3.15.